The number of anilines is 1. The molecule has 0 unspecified atom stereocenters. The Morgan fingerprint density at radius 3 is 2.41 bits per heavy atom. The van der Waals surface area contributed by atoms with Crippen molar-refractivity contribution in [3.8, 4) is 0 Å². The van der Waals surface area contributed by atoms with Crippen molar-refractivity contribution >= 4 is 21.5 Å². The van der Waals surface area contributed by atoms with Crippen molar-refractivity contribution in [2.24, 2.45) is 4.99 Å². The first kappa shape index (κ1) is 20.9. The van der Waals surface area contributed by atoms with E-state index in [-0.39, 0.29) is 0 Å². The Morgan fingerprint density at radius 2 is 1.76 bits per heavy atom. The summed E-state index contributed by atoms with van der Waals surface area (Å²) in [7, 11) is -1.40. The molecule has 0 aromatic heterocycles. The topological polar surface area (TPSA) is 73.8 Å². The molecule has 2 aromatic carbocycles. The molecule has 0 radical (unpaired) electrons. The van der Waals surface area contributed by atoms with Gasteiger partial charge < -0.3 is 15.5 Å². The van der Waals surface area contributed by atoms with Gasteiger partial charge in [-0.25, -0.2) is 8.42 Å². The Bertz CT molecular complexity index is 974. The summed E-state index contributed by atoms with van der Waals surface area (Å²) in [6.45, 7) is 3.33. The lowest BCUT2D eigenvalue weighted by Gasteiger charge is -2.19. The molecule has 1 aliphatic heterocycles. The highest BCUT2D eigenvalue weighted by molar-refractivity contribution is 7.90. The summed E-state index contributed by atoms with van der Waals surface area (Å²) in [4.78, 5) is 6.95. The fourth-order valence-electron chi connectivity index (χ4n) is 3.19. The average Bonchev–Trinajstić information content (AvgIpc) is 3.25. The second kappa shape index (κ2) is 9.60. The van der Waals surface area contributed by atoms with Gasteiger partial charge in [0.05, 0.1) is 4.90 Å². The smallest absolute Gasteiger partial charge is 0.191 e. The number of nitrogens with zero attached hydrogens (tertiary/aromatic N) is 2. The lowest BCUT2D eigenvalue weighted by atomic mass is 10.1. The summed E-state index contributed by atoms with van der Waals surface area (Å²) in [5.74, 6) is 0.742. The van der Waals surface area contributed by atoms with Crippen LogP contribution in [0.25, 0.3) is 0 Å². The van der Waals surface area contributed by atoms with E-state index in [2.05, 4.69) is 56.9 Å². The maximum Gasteiger partial charge on any atom is 0.191 e. The predicted octanol–water partition coefficient (Wildman–Crippen LogP) is 2.37. The first-order chi connectivity index (χ1) is 14.0. The third kappa shape index (κ3) is 6.09. The fraction of sp³-hybridized carbons (Fsp3) is 0.318. The van der Waals surface area contributed by atoms with Gasteiger partial charge in [0, 0.05) is 45.2 Å². The minimum Gasteiger partial charge on any atom is -0.364 e. The van der Waals surface area contributed by atoms with Gasteiger partial charge in [-0.05, 0) is 41.8 Å². The number of guanidine groups is 1. The molecule has 6 nitrogen and oxygen atoms in total. The van der Waals surface area contributed by atoms with E-state index in [4.69, 9.17) is 0 Å². The van der Waals surface area contributed by atoms with Gasteiger partial charge in [0.25, 0.3) is 0 Å². The Kier molecular flexibility index (Phi) is 6.93. The maximum atomic E-state index is 11.5. The summed E-state index contributed by atoms with van der Waals surface area (Å²) in [6.07, 6.45) is 6.37. The predicted molar refractivity (Wildman–Crippen MR) is 119 cm³/mol. The van der Waals surface area contributed by atoms with E-state index < -0.39 is 9.84 Å². The van der Waals surface area contributed by atoms with Crippen LogP contribution in [-0.2, 0) is 22.8 Å². The molecule has 154 valence electrons. The molecule has 0 bridgehead atoms. The van der Waals surface area contributed by atoms with Crippen molar-refractivity contribution in [2.75, 3.05) is 37.8 Å². The van der Waals surface area contributed by atoms with E-state index in [1.807, 2.05) is 12.1 Å². The summed E-state index contributed by atoms with van der Waals surface area (Å²) in [6, 6.07) is 15.5. The zero-order valence-corrected chi connectivity index (χ0v) is 17.7. The maximum absolute atomic E-state index is 11.5. The number of aliphatic imine (C=N–C) groups is 1. The summed E-state index contributed by atoms with van der Waals surface area (Å²) in [5.41, 5.74) is 3.51. The molecule has 2 aromatic rings. The highest BCUT2D eigenvalue weighted by Gasteiger charge is 2.08. The second-order valence-electron chi connectivity index (χ2n) is 7.06. The normalized spacial score (nSPS) is 14.3. The third-order valence-corrected chi connectivity index (χ3v) is 5.96. The molecule has 0 amide bonds. The fourth-order valence-corrected chi connectivity index (χ4v) is 3.82. The summed E-state index contributed by atoms with van der Waals surface area (Å²) >= 11 is 0. The van der Waals surface area contributed by atoms with Gasteiger partial charge in [0.2, 0.25) is 0 Å². The summed E-state index contributed by atoms with van der Waals surface area (Å²) in [5, 5.41) is 6.65. The molecule has 0 saturated heterocycles. The molecular formula is C22H28N4O2S. The Labute approximate surface area is 173 Å². The second-order valence-corrected chi connectivity index (χ2v) is 9.08. The molecule has 0 saturated carbocycles. The molecule has 0 spiro atoms. The van der Waals surface area contributed by atoms with Crippen LogP contribution in [0, 0.1) is 0 Å². The van der Waals surface area contributed by atoms with Crippen molar-refractivity contribution in [3.05, 3.63) is 71.8 Å². The molecule has 0 aliphatic carbocycles. The number of benzene rings is 2. The van der Waals surface area contributed by atoms with Crippen LogP contribution in [-0.4, -0.2) is 47.3 Å². The van der Waals surface area contributed by atoms with Gasteiger partial charge in [-0.2, -0.15) is 0 Å². The van der Waals surface area contributed by atoms with Crippen molar-refractivity contribution in [1.82, 2.24) is 10.6 Å². The zero-order valence-electron chi connectivity index (χ0n) is 16.9. The van der Waals surface area contributed by atoms with Gasteiger partial charge >= 0.3 is 0 Å². The molecule has 0 fully saturated rings. The van der Waals surface area contributed by atoms with Crippen LogP contribution in [0.3, 0.4) is 0 Å². The van der Waals surface area contributed by atoms with Crippen LogP contribution in [0.1, 0.15) is 11.1 Å². The minimum absolute atomic E-state index is 0.346. The van der Waals surface area contributed by atoms with Crippen molar-refractivity contribution in [1.29, 1.82) is 0 Å². The van der Waals surface area contributed by atoms with Gasteiger partial charge in [0.1, 0.15) is 0 Å². The third-order valence-electron chi connectivity index (χ3n) is 4.84. The van der Waals surface area contributed by atoms with Gasteiger partial charge in [-0.3, -0.25) is 4.99 Å². The number of hydrogen-bond donors (Lipinski definition) is 2. The van der Waals surface area contributed by atoms with Crippen LogP contribution in [0.4, 0.5) is 5.69 Å². The monoisotopic (exact) mass is 412 g/mol. The molecule has 1 aliphatic rings. The summed E-state index contributed by atoms with van der Waals surface area (Å²) < 4.78 is 23.1. The number of rotatable bonds is 7. The molecule has 1 heterocycles. The van der Waals surface area contributed by atoms with Crippen LogP contribution in [0.5, 0.6) is 0 Å². The standard InChI is InChI=1S/C22H28N4O2S/c1-23-22(24-13-12-18-8-10-21(11-9-18)29(2,27)28)25-17-19-6-5-7-20(16-19)26-14-3-4-15-26/h3-11,16H,12-15,17H2,1-2H3,(H2,23,24,25). The van der Waals surface area contributed by atoms with E-state index in [0.29, 0.717) is 18.0 Å². The Morgan fingerprint density at radius 1 is 1.03 bits per heavy atom. The average molecular weight is 413 g/mol. The highest BCUT2D eigenvalue weighted by atomic mass is 32.2. The van der Waals surface area contributed by atoms with E-state index in [1.54, 1.807) is 19.2 Å². The lowest BCUT2D eigenvalue weighted by molar-refractivity contribution is 0.602. The molecule has 0 atom stereocenters. The van der Waals surface area contributed by atoms with Gasteiger partial charge in [-0.1, -0.05) is 36.4 Å². The van der Waals surface area contributed by atoms with Crippen molar-refractivity contribution < 1.29 is 8.42 Å². The SMILES string of the molecule is CN=C(NCCc1ccc(S(C)(=O)=O)cc1)NCc1cccc(N2CC=CC2)c1. The van der Waals surface area contributed by atoms with Crippen LogP contribution in [0.2, 0.25) is 0 Å². The van der Waals surface area contributed by atoms with Gasteiger partial charge in [-0.15, -0.1) is 0 Å². The van der Waals surface area contributed by atoms with Crippen LogP contribution >= 0.6 is 0 Å². The first-order valence-electron chi connectivity index (χ1n) is 9.68. The van der Waals surface area contributed by atoms with Crippen LogP contribution < -0.4 is 15.5 Å². The van der Waals surface area contributed by atoms with E-state index in [1.165, 1.54) is 17.5 Å². The highest BCUT2D eigenvalue weighted by Crippen LogP contribution is 2.18. The lowest BCUT2D eigenvalue weighted by Crippen LogP contribution is -2.37. The number of sulfone groups is 1. The zero-order chi connectivity index (χ0) is 20.7. The molecule has 29 heavy (non-hydrogen) atoms. The molecule has 2 N–H and O–H groups in total. The quantitative estimate of drug-likeness (QED) is 0.415. The number of nitrogens with one attached hydrogen (secondary N) is 2. The van der Waals surface area contributed by atoms with Crippen LogP contribution in [0.15, 0.2) is 70.6 Å². The van der Waals surface area contributed by atoms with E-state index >= 15 is 0 Å². The largest absolute Gasteiger partial charge is 0.364 e. The Balaban J connectivity index is 1.47. The van der Waals surface area contributed by atoms with Gasteiger partial charge in [0.15, 0.2) is 15.8 Å². The molecular weight excluding hydrogens is 384 g/mol. The van der Waals surface area contributed by atoms with E-state index in [0.717, 1.165) is 31.0 Å². The van der Waals surface area contributed by atoms with Crippen molar-refractivity contribution in [3.63, 3.8) is 0 Å². The first-order valence-corrected chi connectivity index (χ1v) is 11.6. The van der Waals surface area contributed by atoms with E-state index in [9.17, 15) is 8.42 Å². The van der Waals surface area contributed by atoms with Crippen molar-refractivity contribution in [2.45, 2.75) is 17.9 Å². The molecule has 3 rings (SSSR count). The minimum atomic E-state index is -3.15. The Hall–Kier alpha value is -2.80. The molecule has 7 heteroatoms. The number of hydrogen-bond acceptors (Lipinski definition) is 4.